The summed E-state index contributed by atoms with van der Waals surface area (Å²) >= 11 is 0. The predicted octanol–water partition coefficient (Wildman–Crippen LogP) is 5.43. The van der Waals surface area contributed by atoms with Crippen LogP contribution in [0.3, 0.4) is 0 Å². The van der Waals surface area contributed by atoms with Gasteiger partial charge < -0.3 is 9.47 Å². The molecular weight excluding hydrogens is 388 g/mol. The summed E-state index contributed by atoms with van der Waals surface area (Å²) in [4.78, 5) is 25.7. The van der Waals surface area contributed by atoms with Gasteiger partial charge in [-0.3, -0.25) is 9.59 Å². The van der Waals surface area contributed by atoms with E-state index in [9.17, 15) is 9.59 Å². The molecule has 1 unspecified atom stereocenters. The molecule has 4 aliphatic carbocycles. The highest BCUT2D eigenvalue weighted by Gasteiger charge is 2.67. The zero-order valence-corrected chi connectivity index (χ0v) is 20.2. The second-order valence-electron chi connectivity index (χ2n) is 12.2. The summed E-state index contributed by atoms with van der Waals surface area (Å²) in [5.74, 6) is 3.69. The van der Waals surface area contributed by atoms with Gasteiger partial charge in [-0.1, -0.05) is 27.7 Å². The van der Waals surface area contributed by atoms with E-state index in [2.05, 4.69) is 27.7 Å². The molecule has 5 aliphatic rings. The van der Waals surface area contributed by atoms with Gasteiger partial charge in [0.25, 0.3) is 0 Å². The molecule has 5 fully saturated rings. The fourth-order valence-electron chi connectivity index (χ4n) is 9.55. The Kier molecular flexibility index (Phi) is 5.35. The molecule has 0 amide bonds. The maximum Gasteiger partial charge on any atom is 0.305 e. The number of esters is 1. The van der Waals surface area contributed by atoms with E-state index in [1.807, 2.05) is 0 Å². The van der Waals surface area contributed by atoms with Crippen molar-refractivity contribution in [1.29, 1.82) is 0 Å². The van der Waals surface area contributed by atoms with E-state index in [0.29, 0.717) is 54.0 Å². The molecule has 4 nitrogen and oxygen atoms in total. The molecule has 1 aliphatic heterocycles. The lowest BCUT2D eigenvalue weighted by Gasteiger charge is -2.61. The lowest BCUT2D eigenvalue weighted by atomic mass is 9.42. The van der Waals surface area contributed by atoms with Crippen LogP contribution in [0.25, 0.3) is 0 Å². The molecule has 4 heteroatoms. The first-order valence-electron chi connectivity index (χ1n) is 13.0. The Balaban J connectivity index is 1.41. The number of ether oxygens (including phenoxy) is 2. The largest absolute Gasteiger partial charge is 0.469 e. The number of hydrogen-bond acceptors (Lipinski definition) is 4. The molecule has 31 heavy (non-hydrogen) atoms. The number of carbonyl (C=O) groups is 2. The Morgan fingerprint density at radius 2 is 1.87 bits per heavy atom. The van der Waals surface area contributed by atoms with Gasteiger partial charge in [0, 0.05) is 18.3 Å². The maximum absolute atomic E-state index is 14.0. The van der Waals surface area contributed by atoms with Crippen molar-refractivity contribution >= 4 is 11.8 Å². The Morgan fingerprint density at radius 3 is 2.58 bits per heavy atom. The summed E-state index contributed by atoms with van der Waals surface area (Å²) in [6, 6.07) is 0. The summed E-state index contributed by atoms with van der Waals surface area (Å²) in [5, 5.41) is 0. The fourth-order valence-corrected chi connectivity index (χ4v) is 9.55. The van der Waals surface area contributed by atoms with Crippen LogP contribution >= 0.6 is 0 Å². The molecule has 0 aromatic heterocycles. The zero-order chi connectivity index (χ0) is 22.1. The minimum absolute atomic E-state index is 0.0969. The molecule has 1 heterocycles. The number of ketones is 1. The predicted molar refractivity (Wildman–Crippen MR) is 119 cm³/mol. The zero-order valence-electron chi connectivity index (χ0n) is 20.2. The van der Waals surface area contributed by atoms with E-state index >= 15 is 0 Å². The summed E-state index contributed by atoms with van der Waals surface area (Å²) < 4.78 is 10.9. The SMILES string of the molecule is CC[C@H]1C(=O)[C@@H]2[C@H](CC[C@]3(C)[C@@H](C(C)CCC(=O)OC)CC[C@@H]23)[C@@]2(C)C[C@@H]3O[C@@H]3C[C@@H]12. The van der Waals surface area contributed by atoms with Gasteiger partial charge in [0.1, 0.15) is 5.78 Å². The average Bonchev–Trinajstić information content (AvgIpc) is 3.40. The quantitative estimate of drug-likeness (QED) is 0.431. The van der Waals surface area contributed by atoms with Crippen molar-refractivity contribution in [2.45, 2.75) is 97.7 Å². The minimum Gasteiger partial charge on any atom is -0.469 e. The number of Topliss-reactive ketones (excluding diaryl/α,β-unsaturated/α-hetero) is 1. The second-order valence-corrected chi connectivity index (χ2v) is 12.2. The van der Waals surface area contributed by atoms with E-state index in [1.165, 1.54) is 39.2 Å². The third kappa shape index (κ3) is 3.17. The van der Waals surface area contributed by atoms with Crippen LogP contribution in [0.15, 0.2) is 0 Å². The van der Waals surface area contributed by atoms with Crippen molar-refractivity contribution < 1.29 is 19.1 Å². The normalized spacial score (nSPS) is 51.2. The van der Waals surface area contributed by atoms with Crippen molar-refractivity contribution in [1.82, 2.24) is 0 Å². The van der Waals surface area contributed by atoms with Crippen LogP contribution in [0.5, 0.6) is 0 Å². The lowest BCUT2D eigenvalue weighted by molar-refractivity contribution is -0.166. The molecule has 0 aromatic rings. The highest BCUT2D eigenvalue weighted by Crippen LogP contribution is 2.70. The van der Waals surface area contributed by atoms with Crippen molar-refractivity contribution in [3.05, 3.63) is 0 Å². The third-order valence-corrected chi connectivity index (χ3v) is 11.2. The average molecular weight is 431 g/mol. The molecule has 11 atom stereocenters. The summed E-state index contributed by atoms with van der Waals surface area (Å²) in [7, 11) is 1.48. The molecule has 5 rings (SSSR count). The van der Waals surface area contributed by atoms with Gasteiger partial charge in [-0.25, -0.2) is 0 Å². The number of rotatable bonds is 5. The van der Waals surface area contributed by atoms with Gasteiger partial charge in [0.15, 0.2) is 0 Å². The number of carbonyl (C=O) groups excluding carboxylic acids is 2. The van der Waals surface area contributed by atoms with Crippen molar-refractivity contribution in [3.8, 4) is 0 Å². The molecule has 1 saturated heterocycles. The van der Waals surface area contributed by atoms with E-state index < -0.39 is 0 Å². The molecule has 0 bridgehead atoms. The van der Waals surface area contributed by atoms with E-state index in [4.69, 9.17) is 9.47 Å². The number of methoxy groups -OCH3 is 1. The number of hydrogen-bond donors (Lipinski definition) is 0. The summed E-state index contributed by atoms with van der Waals surface area (Å²) in [6.07, 6.45) is 10.5. The third-order valence-electron chi connectivity index (χ3n) is 11.2. The van der Waals surface area contributed by atoms with Gasteiger partial charge in [-0.15, -0.1) is 0 Å². The van der Waals surface area contributed by atoms with Crippen LogP contribution < -0.4 is 0 Å². The molecule has 0 radical (unpaired) electrons. The molecule has 4 saturated carbocycles. The van der Waals surface area contributed by atoms with Gasteiger partial charge in [-0.2, -0.15) is 0 Å². The van der Waals surface area contributed by atoms with Crippen molar-refractivity contribution in [2.75, 3.05) is 7.11 Å². The second kappa shape index (κ2) is 7.57. The molecule has 0 spiro atoms. The highest BCUT2D eigenvalue weighted by molar-refractivity contribution is 5.86. The number of fused-ring (bicyclic) bond motifs is 6. The topological polar surface area (TPSA) is 55.9 Å². The van der Waals surface area contributed by atoms with Crippen LogP contribution in [0.4, 0.5) is 0 Å². The van der Waals surface area contributed by atoms with Crippen LogP contribution in [-0.4, -0.2) is 31.1 Å². The smallest absolute Gasteiger partial charge is 0.305 e. The highest BCUT2D eigenvalue weighted by atomic mass is 16.6. The Bertz CT molecular complexity index is 748. The minimum atomic E-state index is -0.0969. The van der Waals surface area contributed by atoms with E-state index in [1.54, 1.807) is 0 Å². The molecule has 0 N–H and O–H groups in total. The standard InChI is InChI=1S/C27H42O4/c1-6-16-20-13-21-22(31-21)14-27(20,4)19-11-12-26(3)17(15(2)7-10-23(28)30-5)8-9-18(26)24(19)25(16)29/h15-22,24H,6-14H2,1-5H3/t15?,16-,17-,18+,19+,20+,21-,22+,24+,26-,27-/m1/s1. The monoisotopic (exact) mass is 430 g/mol. The molecule has 0 aromatic carbocycles. The Morgan fingerprint density at radius 1 is 1.13 bits per heavy atom. The molecule has 174 valence electrons. The van der Waals surface area contributed by atoms with Gasteiger partial charge in [0.05, 0.1) is 19.3 Å². The summed E-state index contributed by atoms with van der Waals surface area (Å²) in [5.41, 5.74) is 0.508. The van der Waals surface area contributed by atoms with E-state index in [0.717, 1.165) is 19.3 Å². The fraction of sp³-hybridized carbons (Fsp3) is 0.926. The van der Waals surface area contributed by atoms with Gasteiger partial charge >= 0.3 is 5.97 Å². The van der Waals surface area contributed by atoms with Crippen molar-refractivity contribution in [2.24, 2.45) is 52.3 Å². The number of epoxide rings is 1. The van der Waals surface area contributed by atoms with Crippen LogP contribution in [0.1, 0.15) is 85.5 Å². The first-order chi connectivity index (χ1) is 14.7. The lowest BCUT2D eigenvalue weighted by Crippen LogP contribution is -2.60. The Labute approximate surface area is 188 Å². The van der Waals surface area contributed by atoms with Gasteiger partial charge in [-0.05, 0) is 91.8 Å². The van der Waals surface area contributed by atoms with Crippen LogP contribution in [0, 0.1) is 52.3 Å². The van der Waals surface area contributed by atoms with Gasteiger partial charge in [0.2, 0.25) is 0 Å². The maximum atomic E-state index is 14.0. The van der Waals surface area contributed by atoms with Crippen LogP contribution in [-0.2, 0) is 19.1 Å². The molecular formula is C27H42O4. The van der Waals surface area contributed by atoms with E-state index in [-0.39, 0.29) is 28.6 Å². The summed E-state index contributed by atoms with van der Waals surface area (Å²) in [6.45, 7) is 9.58. The van der Waals surface area contributed by atoms with Crippen molar-refractivity contribution in [3.63, 3.8) is 0 Å². The Hall–Kier alpha value is -0.900. The van der Waals surface area contributed by atoms with Crippen LogP contribution in [0.2, 0.25) is 0 Å². The first-order valence-corrected chi connectivity index (χ1v) is 13.0. The first kappa shape index (κ1) is 21.9.